The Bertz CT molecular complexity index is 394. The molecule has 94 valence electrons. The van der Waals surface area contributed by atoms with Gasteiger partial charge in [-0.15, -0.1) is 11.3 Å². The third kappa shape index (κ3) is 3.32. The summed E-state index contributed by atoms with van der Waals surface area (Å²) in [5.41, 5.74) is 0. The maximum Gasteiger partial charge on any atom is 0.264 e. The Hall–Kier alpha value is 0.130. The number of carbonyl (C=O) groups is 1. The van der Waals surface area contributed by atoms with Crippen molar-refractivity contribution < 1.29 is 4.79 Å². The zero-order chi connectivity index (χ0) is 12.3. The quantitative estimate of drug-likeness (QED) is 0.713. The second kappa shape index (κ2) is 6.34. The molecule has 2 rings (SSSR count). The van der Waals surface area contributed by atoms with Crippen LogP contribution >= 0.6 is 43.2 Å². The molecule has 0 saturated carbocycles. The molecule has 2 heterocycles. The topological polar surface area (TPSA) is 20.3 Å². The van der Waals surface area contributed by atoms with Crippen LogP contribution in [0, 0.1) is 0 Å². The second-order valence-corrected chi connectivity index (χ2v) is 7.49. The van der Waals surface area contributed by atoms with Gasteiger partial charge in [-0.25, -0.2) is 0 Å². The summed E-state index contributed by atoms with van der Waals surface area (Å²) >= 11 is 8.39. The van der Waals surface area contributed by atoms with Crippen molar-refractivity contribution >= 4 is 49.1 Å². The molecule has 5 heteroatoms. The van der Waals surface area contributed by atoms with Gasteiger partial charge in [0.05, 0.1) is 8.66 Å². The lowest BCUT2D eigenvalue weighted by molar-refractivity contribution is 0.0735. The minimum Gasteiger partial charge on any atom is -0.335 e. The lowest BCUT2D eigenvalue weighted by atomic mass is 10.1. The first-order chi connectivity index (χ1) is 8.22. The highest BCUT2D eigenvalue weighted by Gasteiger charge is 2.29. The Morgan fingerprint density at radius 1 is 1.53 bits per heavy atom. The van der Waals surface area contributed by atoms with E-state index in [-0.39, 0.29) is 5.91 Å². The standard InChI is InChI=1S/C12H15Br2NOS/c13-7-1-3-9-4-2-8-15(9)12(16)10-5-6-11(14)17-10/h5-6,9H,1-4,7-8H2. The number of rotatable bonds is 4. The smallest absolute Gasteiger partial charge is 0.264 e. The molecule has 1 aliphatic heterocycles. The predicted molar refractivity (Wildman–Crippen MR) is 79.1 cm³/mol. The van der Waals surface area contributed by atoms with Gasteiger partial charge in [-0.2, -0.15) is 0 Å². The number of carbonyl (C=O) groups excluding carboxylic acids is 1. The molecule has 0 spiro atoms. The molecule has 1 amide bonds. The number of nitrogens with zero attached hydrogens (tertiary/aromatic N) is 1. The fourth-order valence-electron chi connectivity index (χ4n) is 2.29. The van der Waals surface area contributed by atoms with Crippen LogP contribution in [0.2, 0.25) is 0 Å². The van der Waals surface area contributed by atoms with Crippen molar-refractivity contribution in [2.75, 3.05) is 11.9 Å². The molecular formula is C12H15Br2NOS. The van der Waals surface area contributed by atoms with E-state index in [0.717, 1.165) is 46.2 Å². The average molecular weight is 381 g/mol. The molecule has 1 fully saturated rings. The van der Waals surface area contributed by atoms with Crippen molar-refractivity contribution in [2.24, 2.45) is 0 Å². The van der Waals surface area contributed by atoms with Crippen molar-refractivity contribution in [3.05, 3.63) is 20.8 Å². The number of thiophene rings is 1. The first kappa shape index (κ1) is 13.6. The molecule has 1 saturated heterocycles. The SMILES string of the molecule is O=C(c1ccc(Br)s1)N1CCCC1CCCBr. The van der Waals surface area contributed by atoms with Crippen LogP contribution < -0.4 is 0 Å². The highest BCUT2D eigenvalue weighted by atomic mass is 79.9. The number of hydrogen-bond donors (Lipinski definition) is 0. The Kier molecular flexibility index (Phi) is 5.06. The van der Waals surface area contributed by atoms with Gasteiger partial charge in [0, 0.05) is 17.9 Å². The van der Waals surface area contributed by atoms with Crippen molar-refractivity contribution in [2.45, 2.75) is 31.7 Å². The van der Waals surface area contributed by atoms with Crippen molar-refractivity contribution in [3.63, 3.8) is 0 Å². The van der Waals surface area contributed by atoms with Crippen LogP contribution in [0.5, 0.6) is 0 Å². The van der Waals surface area contributed by atoms with Gasteiger partial charge in [-0.1, -0.05) is 15.9 Å². The van der Waals surface area contributed by atoms with E-state index in [1.165, 1.54) is 11.3 Å². The van der Waals surface area contributed by atoms with Gasteiger partial charge in [-0.3, -0.25) is 4.79 Å². The number of amides is 1. The Morgan fingerprint density at radius 3 is 3.00 bits per heavy atom. The molecule has 1 aromatic rings. The largest absolute Gasteiger partial charge is 0.335 e. The third-order valence-electron chi connectivity index (χ3n) is 3.09. The van der Waals surface area contributed by atoms with Crippen LogP contribution in [0.4, 0.5) is 0 Å². The minimum atomic E-state index is 0.206. The summed E-state index contributed by atoms with van der Waals surface area (Å²) in [6.45, 7) is 0.918. The predicted octanol–water partition coefficient (Wildman–Crippen LogP) is 4.29. The van der Waals surface area contributed by atoms with Gasteiger partial charge in [-0.05, 0) is 53.7 Å². The molecule has 1 atom stereocenters. The number of likely N-dealkylation sites (tertiary alicyclic amines) is 1. The molecule has 0 bridgehead atoms. The zero-order valence-electron chi connectivity index (χ0n) is 9.49. The monoisotopic (exact) mass is 379 g/mol. The molecule has 0 aromatic carbocycles. The summed E-state index contributed by atoms with van der Waals surface area (Å²) in [6.07, 6.45) is 4.56. The van der Waals surface area contributed by atoms with Crippen LogP contribution in [0.25, 0.3) is 0 Å². The zero-order valence-corrected chi connectivity index (χ0v) is 13.5. The third-order valence-corrected chi connectivity index (χ3v) is 5.27. The normalized spacial score (nSPS) is 19.9. The molecule has 0 N–H and O–H groups in total. The van der Waals surface area contributed by atoms with E-state index in [1.54, 1.807) is 0 Å². The Morgan fingerprint density at radius 2 is 2.35 bits per heavy atom. The number of hydrogen-bond acceptors (Lipinski definition) is 2. The van der Waals surface area contributed by atoms with Gasteiger partial charge in [0.1, 0.15) is 0 Å². The first-order valence-electron chi connectivity index (χ1n) is 5.84. The fourth-order valence-corrected chi connectivity index (χ4v) is 3.95. The van der Waals surface area contributed by atoms with Crippen molar-refractivity contribution in [1.82, 2.24) is 4.90 Å². The molecule has 2 nitrogen and oxygen atoms in total. The van der Waals surface area contributed by atoms with Gasteiger partial charge in [0.15, 0.2) is 0 Å². The Balaban J connectivity index is 2.03. The van der Waals surface area contributed by atoms with Gasteiger partial charge in [0.25, 0.3) is 5.91 Å². The average Bonchev–Trinajstić information content (AvgIpc) is 2.94. The molecule has 1 unspecified atom stereocenters. The van der Waals surface area contributed by atoms with E-state index >= 15 is 0 Å². The van der Waals surface area contributed by atoms with E-state index in [9.17, 15) is 4.79 Å². The number of alkyl halides is 1. The van der Waals surface area contributed by atoms with E-state index in [1.807, 2.05) is 12.1 Å². The highest BCUT2D eigenvalue weighted by Crippen LogP contribution is 2.28. The molecule has 17 heavy (non-hydrogen) atoms. The van der Waals surface area contributed by atoms with Crippen molar-refractivity contribution in [1.29, 1.82) is 0 Å². The Labute approximate surface area is 123 Å². The summed E-state index contributed by atoms with van der Waals surface area (Å²) in [4.78, 5) is 15.2. The van der Waals surface area contributed by atoms with E-state index in [0.29, 0.717) is 6.04 Å². The van der Waals surface area contributed by atoms with Crippen LogP contribution in [-0.2, 0) is 0 Å². The van der Waals surface area contributed by atoms with E-state index in [4.69, 9.17) is 0 Å². The first-order valence-corrected chi connectivity index (χ1v) is 8.57. The molecule has 1 aliphatic rings. The van der Waals surface area contributed by atoms with Gasteiger partial charge >= 0.3 is 0 Å². The van der Waals surface area contributed by atoms with Gasteiger partial charge in [0.2, 0.25) is 0 Å². The highest BCUT2D eigenvalue weighted by molar-refractivity contribution is 9.11. The number of halogens is 2. The summed E-state index contributed by atoms with van der Waals surface area (Å²) in [5.74, 6) is 0.206. The van der Waals surface area contributed by atoms with Crippen LogP contribution in [0.15, 0.2) is 15.9 Å². The summed E-state index contributed by atoms with van der Waals surface area (Å²) in [7, 11) is 0. The second-order valence-electron chi connectivity index (χ2n) is 4.23. The molecule has 0 aliphatic carbocycles. The molecular weight excluding hydrogens is 366 g/mol. The maximum absolute atomic E-state index is 12.3. The lowest BCUT2D eigenvalue weighted by Crippen LogP contribution is -2.35. The van der Waals surface area contributed by atoms with Crippen LogP contribution in [0.1, 0.15) is 35.4 Å². The minimum absolute atomic E-state index is 0.206. The van der Waals surface area contributed by atoms with Crippen molar-refractivity contribution in [3.8, 4) is 0 Å². The summed E-state index contributed by atoms with van der Waals surface area (Å²) in [6, 6.07) is 4.30. The van der Waals surface area contributed by atoms with E-state index < -0.39 is 0 Å². The molecule has 1 aromatic heterocycles. The van der Waals surface area contributed by atoms with Crippen LogP contribution in [-0.4, -0.2) is 28.7 Å². The van der Waals surface area contributed by atoms with E-state index in [2.05, 4.69) is 36.8 Å². The fraction of sp³-hybridized carbons (Fsp3) is 0.583. The summed E-state index contributed by atoms with van der Waals surface area (Å²) in [5, 5.41) is 1.02. The summed E-state index contributed by atoms with van der Waals surface area (Å²) < 4.78 is 1.03. The lowest BCUT2D eigenvalue weighted by Gasteiger charge is -2.24. The maximum atomic E-state index is 12.3. The molecule has 0 radical (unpaired) electrons. The van der Waals surface area contributed by atoms with Crippen LogP contribution in [0.3, 0.4) is 0 Å². The van der Waals surface area contributed by atoms with Gasteiger partial charge < -0.3 is 4.90 Å².